The zero-order chi connectivity index (χ0) is 12.9. The number of sulfonamides is 1. The molecule has 0 amide bonds. The van der Waals surface area contributed by atoms with E-state index in [1.807, 2.05) is 4.72 Å². The standard InChI is InChI=1S/C10H13NO5S/c12-7-6-9(10(13)14)11-17(15,16)8-4-2-1-3-5-8/h1-5,9,11-12H,6-7H2,(H,13,14). The molecule has 0 spiro atoms. The lowest BCUT2D eigenvalue weighted by Gasteiger charge is -2.13. The molecule has 1 atom stereocenters. The van der Waals surface area contributed by atoms with Crippen LogP contribution in [-0.4, -0.2) is 37.2 Å². The molecule has 3 N–H and O–H groups in total. The molecule has 1 aromatic carbocycles. The van der Waals surface area contributed by atoms with Crippen LogP contribution in [0.4, 0.5) is 0 Å². The molecule has 6 nitrogen and oxygen atoms in total. The third-order valence-electron chi connectivity index (χ3n) is 2.07. The summed E-state index contributed by atoms with van der Waals surface area (Å²) in [5.41, 5.74) is 0. The number of carboxylic acid groups (broad SMARTS) is 1. The maximum Gasteiger partial charge on any atom is 0.321 e. The van der Waals surface area contributed by atoms with Gasteiger partial charge in [0.1, 0.15) is 6.04 Å². The van der Waals surface area contributed by atoms with Gasteiger partial charge in [0.15, 0.2) is 0 Å². The maximum atomic E-state index is 11.8. The minimum absolute atomic E-state index is 0.0100. The Bertz CT molecular complexity index is 471. The van der Waals surface area contributed by atoms with Crippen LogP contribution >= 0.6 is 0 Å². The maximum absolute atomic E-state index is 11.8. The van der Waals surface area contributed by atoms with Crippen LogP contribution in [0.1, 0.15) is 6.42 Å². The van der Waals surface area contributed by atoms with Crippen molar-refractivity contribution in [2.24, 2.45) is 0 Å². The first-order valence-electron chi connectivity index (χ1n) is 4.88. The van der Waals surface area contributed by atoms with Crippen molar-refractivity contribution in [2.75, 3.05) is 6.61 Å². The number of carbonyl (C=O) groups is 1. The molecule has 7 heteroatoms. The molecule has 0 aromatic heterocycles. The van der Waals surface area contributed by atoms with Crippen LogP contribution in [-0.2, 0) is 14.8 Å². The molecule has 1 unspecified atom stereocenters. The highest BCUT2D eigenvalue weighted by atomic mass is 32.2. The van der Waals surface area contributed by atoms with Crippen LogP contribution < -0.4 is 4.72 Å². The fraction of sp³-hybridized carbons (Fsp3) is 0.300. The summed E-state index contributed by atoms with van der Waals surface area (Å²) in [6.07, 6.45) is -0.179. The van der Waals surface area contributed by atoms with E-state index in [9.17, 15) is 13.2 Å². The number of aliphatic carboxylic acids is 1. The van der Waals surface area contributed by atoms with Crippen LogP contribution in [0.25, 0.3) is 0 Å². The van der Waals surface area contributed by atoms with E-state index in [4.69, 9.17) is 10.2 Å². The van der Waals surface area contributed by atoms with Crippen LogP contribution in [0.5, 0.6) is 0 Å². The molecule has 0 heterocycles. The molecular weight excluding hydrogens is 246 g/mol. The van der Waals surface area contributed by atoms with Crippen molar-refractivity contribution in [3.05, 3.63) is 30.3 Å². The fourth-order valence-corrected chi connectivity index (χ4v) is 2.46. The van der Waals surface area contributed by atoms with Gasteiger partial charge in [-0.1, -0.05) is 18.2 Å². The van der Waals surface area contributed by atoms with Crippen molar-refractivity contribution < 1.29 is 23.4 Å². The van der Waals surface area contributed by atoms with Gasteiger partial charge in [-0.2, -0.15) is 4.72 Å². The number of aliphatic hydroxyl groups is 1. The van der Waals surface area contributed by atoms with Crippen molar-refractivity contribution >= 4 is 16.0 Å². The first-order chi connectivity index (χ1) is 7.97. The third-order valence-corrected chi connectivity index (χ3v) is 3.55. The van der Waals surface area contributed by atoms with Gasteiger partial charge in [-0.15, -0.1) is 0 Å². The first kappa shape index (κ1) is 13.6. The zero-order valence-electron chi connectivity index (χ0n) is 8.91. The van der Waals surface area contributed by atoms with E-state index < -0.39 is 28.6 Å². The quantitative estimate of drug-likeness (QED) is 0.656. The highest BCUT2D eigenvalue weighted by Crippen LogP contribution is 2.08. The summed E-state index contributed by atoms with van der Waals surface area (Å²) in [4.78, 5) is 10.8. The molecule has 0 radical (unpaired) electrons. The fourth-order valence-electron chi connectivity index (χ4n) is 1.22. The van der Waals surface area contributed by atoms with Crippen LogP contribution in [0.2, 0.25) is 0 Å². The first-order valence-corrected chi connectivity index (χ1v) is 6.36. The SMILES string of the molecule is O=C(O)C(CCO)NS(=O)(=O)c1ccccc1. The number of benzene rings is 1. The van der Waals surface area contributed by atoms with E-state index >= 15 is 0 Å². The minimum atomic E-state index is -3.87. The summed E-state index contributed by atoms with van der Waals surface area (Å²) in [5.74, 6) is -1.32. The Kier molecular flexibility index (Phi) is 4.62. The second kappa shape index (κ2) is 5.76. The monoisotopic (exact) mass is 259 g/mol. The van der Waals surface area contributed by atoms with Crippen molar-refractivity contribution in [1.29, 1.82) is 0 Å². The van der Waals surface area contributed by atoms with Gasteiger partial charge >= 0.3 is 5.97 Å². The predicted octanol–water partition coefficient (Wildman–Crippen LogP) is -0.200. The Hall–Kier alpha value is -1.44. The van der Waals surface area contributed by atoms with Crippen LogP contribution in [0.3, 0.4) is 0 Å². The largest absolute Gasteiger partial charge is 0.480 e. The molecule has 0 saturated heterocycles. The smallest absolute Gasteiger partial charge is 0.321 e. The average Bonchev–Trinajstić information content (AvgIpc) is 2.29. The van der Waals surface area contributed by atoms with Gasteiger partial charge in [-0.3, -0.25) is 4.79 Å². The molecule has 0 fully saturated rings. The summed E-state index contributed by atoms with van der Waals surface area (Å²) in [6, 6.07) is 6.12. The lowest BCUT2D eigenvalue weighted by Crippen LogP contribution is -2.41. The van der Waals surface area contributed by atoms with Crippen molar-refractivity contribution in [2.45, 2.75) is 17.4 Å². The van der Waals surface area contributed by atoms with Gasteiger partial charge in [0.05, 0.1) is 4.90 Å². The lowest BCUT2D eigenvalue weighted by atomic mass is 10.2. The van der Waals surface area contributed by atoms with Gasteiger partial charge in [0.25, 0.3) is 0 Å². The molecule has 0 saturated carbocycles. The van der Waals surface area contributed by atoms with E-state index in [-0.39, 0.29) is 11.3 Å². The van der Waals surface area contributed by atoms with Crippen molar-refractivity contribution in [3.8, 4) is 0 Å². The topological polar surface area (TPSA) is 104 Å². The number of carboxylic acids is 1. The second-order valence-corrected chi connectivity index (χ2v) is 5.05. The summed E-state index contributed by atoms with van der Waals surface area (Å²) >= 11 is 0. The number of hydrogen-bond donors (Lipinski definition) is 3. The number of rotatable bonds is 6. The number of aliphatic hydroxyl groups excluding tert-OH is 1. The summed E-state index contributed by atoms with van der Waals surface area (Å²) in [5, 5.41) is 17.4. The minimum Gasteiger partial charge on any atom is -0.480 e. The van der Waals surface area contributed by atoms with E-state index in [1.54, 1.807) is 6.07 Å². The molecule has 0 aliphatic rings. The molecule has 1 aromatic rings. The van der Waals surface area contributed by atoms with E-state index in [0.717, 1.165) is 0 Å². The third kappa shape index (κ3) is 3.81. The van der Waals surface area contributed by atoms with E-state index in [2.05, 4.69) is 0 Å². The molecule has 94 valence electrons. The molecule has 17 heavy (non-hydrogen) atoms. The Morgan fingerprint density at radius 3 is 2.35 bits per heavy atom. The molecule has 1 rings (SSSR count). The molecular formula is C10H13NO5S. The van der Waals surface area contributed by atoms with Crippen molar-refractivity contribution in [1.82, 2.24) is 4.72 Å². The second-order valence-electron chi connectivity index (χ2n) is 3.34. The van der Waals surface area contributed by atoms with Crippen LogP contribution in [0.15, 0.2) is 35.2 Å². The predicted molar refractivity (Wildman–Crippen MR) is 59.9 cm³/mol. The summed E-state index contributed by atoms with van der Waals surface area (Å²) in [7, 11) is -3.87. The molecule has 0 bridgehead atoms. The van der Waals surface area contributed by atoms with E-state index in [0.29, 0.717) is 0 Å². The lowest BCUT2D eigenvalue weighted by molar-refractivity contribution is -0.139. The van der Waals surface area contributed by atoms with Gasteiger partial charge < -0.3 is 10.2 Å². The number of nitrogens with one attached hydrogen (secondary N) is 1. The van der Waals surface area contributed by atoms with Gasteiger partial charge in [0.2, 0.25) is 10.0 Å². The Morgan fingerprint density at radius 1 is 1.29 bits per heavy atom. The van der Waals surface area contributed by atoms with E-state index in [1.165, 1.54) is 24.3 Å². The van der Waals surface area contributed by atoms with Gasteiger partial charge in [0, 0.05) is 6.61 Å². The summed E-state index contributed by atoms with van der Waals surface area (Å²) < 4.78 is 25.6. The van der Waals surface area contributed by atoms with Crippen molar-refractivity contribution in [3.63, 3.8) is 0 Å². The van der Waals surface area contributed by atoms with Crippen LogP contribution in [0, 0.1) is 0 Å². The zero-order valence-corrected chi connectivity index (χ0v) is 9.72. The Balaban J connectivity index is 2.89. The van der Waals surface area contributed by atoms with Gasteiger partial charge in [-0.25, -0.2) is 8.42 Å². The average molecular weight is 259 g/mol. The Morgan fingerprint density at radius 2 is 1.88 bits per heavy atom. The number of hydrogen-bond acceptors (Lipinski definition) is 4. The normalized spacial score (nSPS) is 13.2. The van der Waals surface area contributed by atoms with Gasteiger partial charge in [-0.05, 0) is 18.6 Å². The summed E-state index contributed by atoms with van der Waals surface area (Å²) in [6.45, 7) is -0.408. The molecule has 0 aliphatic carbocycles. The Labute approximate surface area is 99.0 Å². The molecule has 0 aliphatic heterocycles. The highest BCUT2D eigenvalue weighted by Gasteiger charge is 2.24. The highest BCUT2D eigenvalue weighted by molar-refractivity contribution is 7.89.